The van der Waals surface area contributed by atoms with E-state index in [9.17, 15) is 0 Å². The lowest BCUT2D eigenvalue weighted by Gasteiger charge is -2.02. The van der Waals surface area contributed by atoms with Crippen molar-refractivity contribution in [3.05, 3.63) is 35.4 Å². The number of unbranched alkanes of at least 4 members (excludes halogenated alkanes) is 3. The summed E-state index contributed by atoms with van der Waals surface area (Å²) in [6, 6.07) is 8.71. The highest BCUT2D eigenvalue weighted by Gasteiger charge is 1.94. The zero-order valence-corrected chi connectivity index (χ0v) is 9.63. The number of aryl methyl sites for hydroxylation is 1. The molecule has 1 aromatic rings. The molecule has 80 valence electrons. The highest BCUT2D eigenvalue weighted by atomic mass is 14.0. The quantitative estimate of drug-likeness (QED) is 0.481. The monoisotopic (exact) mass is 200 g/mol. The van der Waals surface area contributed by atoms with Crippen molar-refractivity contribution >= 4 is 0 Å². The van der Waals surface area contributed by atoms with Crippen LogP contribution < -0.4 is 0 Å². The molecular formula is C15H20. The Kier molecular flexibility index (Phi) is 5.63. The average molecular weight is 200 g/mol. The minimum Gasteiger partial charge on any atom is -0.120 e. The van der Waals surface area contributed by atoms with Crippen LogP contribution in [-0.2, 0) is 12.8 Å². The Hall–Kier alpha value is -1.22. The molecule has 0 aromatic heterocycles. The zero-order chi connectivity index (χ0) is 10.9. The SMILES string of the molecule is C#CCc1ccc(CCCCCC)cc1. The van der Waals surface area contributed by atoms with Crippen LogP contribution in [0, 0.1) is 12.3 Å². The maximum atomic E-state index is 5.26. The van der Waals surface area contributed by atoms with Crippen LogP contribution in [0.3, 0.4) is 0 Å². The van der Waals surface area contributed by atoms with Gasteiger partial charge in [-0.1, -0.05) is 50.5 Å². The van der Waals surface area contributed by atoms with Crippen LogP contribution in [0.5, 0.6) is 0 Å². The fourth-order valence-corrected chi connectivity index (χ4v) is 1.70. The van der Waals surface area contributed by atoms with Gasteiger partial charge in [-0.05, 0) is 24.0 Å². The number of rotatable bonds is 6. The predicted octanol–water partition coefficient (Wildman–Crippen LogP) is 3.99. The minimum absolute atomic E-state index is 0.746. The minimum atomic E-state index is 0.746. The molecule has 0 amide bonds. The first kappa shape index (κ1) is 11.9. The topological polar surface area (TPSA) is 0 Å². The highest BCUT2D eigenvalue weighted by Crippen LogP contribution is 2.09. The molecule has 1 rings (SSSR count). The summed E-state index contributed by atoms with van der Waals surface area (Å²) in [4.78, 5) is 0. The van der Waals surface area contributed by atoms with Crippen LogP contribution in [-0.4, -0.2) is 0 Å². The van der Waals surface area contributed by atoms with Crippen LogP contribution in [0.15, 0.2) is 24.3 Å². The van der Waals surface area contributed by atoms with E-state index in [0.717, 1.165) is 6.42 Å². The standard InChI is InChI=1S/C15H20/c1-3-5-6-7-9-15-12-10-14(8-4-2)11-13-15/h2,10-13H,3,5-9H2,1H3. The molecule has 0 atom stereocenters. The fraction of sp³-hybridized carbons (Fsp3) is 0.467. The summed E-state index contributed by atoms with van der Waals surface area (Å²) < 4.78 is 0. The third-order valence-electron chi connectivity index (χ3n) is 2.65. The molecule has 0 aliphatic carbocycles. The Bertz CT molecular complexity index is 300. The maximum absolute atomic E-state index is 5.26. The van der Waals surface area contributed by atoms with Crippen molar-refractivity contribution in [1.82, 2.24) is 0 Å². The molecule has 0 radical (unpaired) electrons. The van der Waals surface area contributed by atoms with Gasteiger partial charge in [-0.15, -0.1) is 12.3 Å². The van der Waals surface area contributed by atoms with Gasteiger partial charge < -0.3 is 0 Å². The van der Waals surface area contributed by atoms with E-state index in [0.29, 0.717) is 0 Å². The number of terminal acetylenes is 1. The van der Waals surface area contributed by atoms with E-state index < -0.39 is 0 Å². The fourth-order valence-electron chi connectivity index (χ4n) is 1.70. The first-order chi connectivity index (χ1) is 7.36. The predicted molar refractivity (Wildman–Crippen MR) is 66.8 cm³/mol. The molecule has 1 aromatic carbocycles. The smallest absolute Gasteiger partial charge is 0.0337 e. The molecule has 0 spiro atoms. The zero-order valence-electron chi connectivity index (χ0n) is 9.63. The lowest BCUT2D eigenvalue weighted by Crippen LogP contribution is -1.87. The van der Waals surface area contributed by atoms with Gasteiger partial charge in [0.2, 0.25) is 0 Å². The van der Waals surface area contributed by atoms with Crippen LogP contribution >= 0.6 is 0 Å². The van der Waals surface area contributed by atoms with Crippen LogP contribution in [0.2, 0.25) is 0 Å². The molecule has 0 N–H and O–H groups in total. The molecule has 0 unspecified atom stereocenters. The van der Waals surface area contributed by atoms with E-state index in [1.165, 1.54) is 43.2 Å². The van der Waals surface area contributed by atoms with E-state index in [4.69, 9.17) is 6.42 Å². The molecular weight excluding hydrogens is 180 g/mol. The number of hydrogen-bond donors (Lipinski definition) is 0. The Morgan fingerprint density at radius 3 is 2.27 bits per heavy atom. The average Bonchev–Trinajstić information content (AvgIpc) is 2.27. The first-order valence-electron chi connectivity index (χ1n) is 5.88. The first-order valence-corrected chi connectivity index (χ1v) is 5.88. The third kappa shape index (κ3) is 4.70. The second-order valence-electron chi connectivity index (χ2n) is 4.01. The van der Waals surface area contributed by atoms with Crippen LogP contribution in [0.25, 0.3) is 0 Å². The van der Waals surface area contributed by atoms with E-state index in [1.54, 1.807) is 0 Å². The number of benzene rings is 1. The molecule has 0 aliphatic heterocycles. The van der Waals surface area contributed by atoms with Crippen molar-refractivity contribution in [2.45, 2.75) is 45.4 Å². The normalized spacial score (nSPS) is 9.87. The van der Waals surface area contributed by atoms with E-state index in [-0.39, 0.29) is 0 Å². The van der Waals surface area contributed by atoms with E-state index in [2.05, 4.69) is 37.1 Å². The lowest BCUT2D eigenvalue weighted by atomic mass is 10.0. The molecule has 15 heavy (non-hydrogen) atoms. The summed E-state index contributed by atoms with van der Waals surface area (Å²) in [5, 5.41) is 0. The summed E-state index contributed by atoms with van der Waals surface area (Å²) >= 11 is 0. The van der Waals surface area contributed by atoms with Crippen LogP contribution in [0.4, 0.5) is 0 Å². The van der Waals surface area contributed by atoms with Gasteiger partial charge in [0.1, 0.15) is 0 Å². The number of hydrogen-bond acceptors (Lipinski definition) is 0. The molecule has 0 bridgehead atoms. The van der Waals surface area contributed by atoms with Gasteiger partial charge in [0.15, 0.2) is 0 Å². The molecule has 0 saturated carbocycles. The Balaban J connectivity index is 2.33. The van der Waals surface area contributed by atoms with Crippen molar-refractivity contribution in [2.24, 2.45) is 0 Å². The third-order valence-corrected chi connectivity index (χ3v) is 2.65. The maximum Gasteiger partial charge on any atom is 0.0337 e. The summed E-state index contributed by atoms with van der Waals surface area (Å²) in [5.41, 5.74) is 2.68. The largest absolute Gasteiger partial charge is 0.120 e. The Morgan fingerprint density at radius 2 is 1.67 bits per heavy atom. The Labute approximate surface area is 93.7 Å². The second-order valence-corrected chi connectivity index (χ2v) is 4.01. The van der Waals surface area contributed by atoms with Gasteiger partial charge in [0.05, 0.1) is 0 Å². The van der Waals surface area contributed by atoms with E-state index >= 15 is 0 Å². The summed E-state index contributed by atoms with van der Waals surface area (Å²) in [5.74, 6) is 2.66. The Morgan fingerprint density at radius 1 is 1.00 bits per heavy atom. The molecule has 0 saturated heterocycles. The van der Waals surface area contributed by atoms with Crippen molar-refractivity contribution in [3.8, 4) is 12.3 Å². The van der Waals surface area contributed by atoms with Crippen molar-refractivity contribution < 1.29 is 0 Å². The molecule has 0 fully saturated rings. The van der Waals surface area contributed by atoms with Crippen molar-refractivity contribution in [1.29, 1.82) is 0 Å². The van der Waals surface area contributed by atoms with Crippen LogP contribution in [0.1, 0.15) is 43.7 Å². The van der Waals surface area contributed by atoms with Gasteiger partial charge in [-0.3, -0.25) is 0 Å². The van der Waals surface area contributed by atoms with E-state index in [1.807, 2.05) is 0 Å². The van der Waals surface area contributed by atoms with Gasteiger partial charge in [0, 0.05) is 6.42 Å². The second kappa shape index (κ2) is 7.12. The van der Waals surface area contributed by atoms with Gasteiger partial charge >= 0.3 is 0 Å². The molecule has 0 heterocycles. The molecule has 0 aliphatic rings. The van der Waals surface area contributed by atoms with Gasteiger partial charge in [-0.25, -0.2) is 0 Å². The van der Waals surface area contributed by atoms with Gasteiger partial charge in [0.25, 0.3) is 0 Å². The summed E-state index contributed by atoms with van der Waals surface area (Å²) in [6.45, 7) is 2.24. The molecule has 0 heteroatoms. The molecule has 0 nitrogen and oxygen atoms in total. The highest BCUT2D eigenvalue weighted by molar-refractivity contribution is 5.25. The van der Waals surface area contributed by atoms with Crippen molar-refractivity contribution in [2.75, 3.05) is 0 Å². The lowest BCUT2D eigenvalue weighted by molar-refractivity contribution is 0.667. The summed E-state index contributed by atoms with van der Waals surface area (Å²) in [7, 11) is 0. The summed E-state index contributed by atoms with van der Waals surface area (Å²) in [6.07, 6.45) is 12.5. The van der Waals surface area contributed by atoms with Gasteiger partial charge in [-0.2, -0.15) is 0 Å². The van der Waals surface area contributed by atoms with Crippen molar-refractivity contribution in [3.63, 3.8) is 0 Å².